The van der Waals surface area contributed by atoms with Gasteiger partial charge in [-0.15, -0.1) is 5.92 Å². The van der Waals surface area contributed by atoms with Crippen molar-refractivity contribution >= 4 is 5.97 Å². The SMILES string of the molecule is CC#CC(C)(C)C(C)[C@H](O)/C=C/[C@H]1C(O)C[C@@H]2C/C(=C\C(C)(C)C(C)(C)C(C)(C)C(=O)O)C[C@@H]21. The molecule has 3 N–H and O–H groups in total. The number of carboxylic acid groups (broad SMARTS) is 1. The van der Waals surface area contributed by atoms with Crippen LogP contribution in [-0.2, 0) is 4.79 Å². The van der Waals surface area contributed by atoms with Crippen molar-refractivity contribution in [1.82, 2.24) is 0 Å². The molecule has 0 heterocycles. The normalized spacial score (nSPS) is 29.1. The largest absolute Gasteiger partial charge is 0.481 e. The van der Waals surface area contributed by atoms with E-state index in [2.05, 4.69) is 59.5 Å². The molecular formula is C30H48O4. The molecule has 0 aromatic rings. The standard InChI is InChI=1S/C30H48O4/c1-11-14-27(3,4)19(2)24(31)13-12-22-23-16-20(15-21(23)17-25(22)32)18-28(5,6)30(9,10)29(7,8)26(33)34/h12-13,18-19,21-25,31-32H,15-17H2,1-10H3,(H,33,34)/b13-12+,20-18+/t19?,21-,22+,23-,24+,25?/m0/s1. The third kappa shape index (κ3) is 5.31. The Morgan fingerprint density at radius 3 is 2.21 bits per heavy atom. The topological polar surface area (TPSA) is 77.8 Å². The molecule has 0 radical (unpaired) electrons. The third-order valence-corrected chi connectivity index (χ3v) is 10.0. The van der Waals surface area contributed by atoms with Crippen LogP contribution < -0.4 is 0 Å². The highest BCUT2D eigenvalue weighted by atomic mass is 16.4. The number of hydrogen-bond acceptors (Lipinski definition) is 3. The Bertz CT molecular complexity index is 877. The number of allylic oxidation sites excluding steroid dienone is 2. The Hall–Kier alpha value is -1.57. The maximum absolute atomic E-state index is 12.0. The maximum atomic E-state index is 12.0. The molecule has 2 rings (SSSR count). The van der Waals surface area contributed by atoms with Crippen LogP contribution >= 0.6 is 0 Å². The lowest BCUT2D eigenvalue weighted by atomic mass is 9.54. The van der Waals surface area contributed by atoms with E-state index < -0.39 is 22.9 Å². The van der Waals surface area contributed by atoms with Gasteiger partial charge < -0.3 is 15.3 Å². The molecule has 2 saturated carbocycles. The molecule has 2 fully saturated rings. The summed E-state index contributed by atoms with van der Waals surface area (Å²) in [6, 6.07) is 0. The first-order valence-corrected chi connectivity index (χ1v) is 12.8. The van der Waals surface area contributed by atoms with Crippen molar-refractivity contribution in [1.29, 1.82) is 0 Å². The summed E-state index contributed by atoms with van der Waals surface area (Å²) < 4.78 is 0. The molecule has 2 unspecified atom stereocenters. The second kappa shape index (κ2) is 9.82. The summed E-state index contributed by atoms with van der Waals surface area (Å²) in [5, 5.41) is 31.4. The van der Waals surface area contributed by atoms with Gasteiger partial charge in [0, 0.05) is 17.3 Å². The molecule has 0 bridgehead atoms. The minimum Gasteiger partial charge on any atom is -0.481 e. The van der Waals surface area contributed by atoms with Gasteiger partial charge in [-0.25, -0.2) is 0 Å². The summed E-state index contributed by atoms with van der Waals surface area (Å²) in [4.78, 5) is 12.0. The van der Waals surface area contributed by atoms with Gasteiger partial charge in [-0.1, -0.05) is 64.3 Å². The highest BCUT2D eigenvalue weighted by molar-refractivity contribution is 5.75. The molecule has 0 aromatic heterocycles. The molecular weight excluding hydrogens is 424 g/mol. The maximum Gasteiger partial charge on any atom is 0.309 e. The van der Waals surface area contributed by atoms with Crippen LogP contribution in [0.15, 0.2) is 23.8 Å². The van der Waals surface area contributed by atoms with Gasteiger partial charge in [0.2, 0.25) is 0 Å². The van der Waals surface area contributed by atoms with Crippen LogP contribution in [0.5, 0.6) is 0 Å². The lowest BCUT2D eigenvalue weighted by Crippen LogP contribution is -2.48. The second-order valence-corrected chi connectivity index (χ2v) is 13.1. The first kappa shape index (κ1) is 28.7. The fourth-order valence-electron chi connectivity index (χ4n) is 5.93. The Balaban J connectivity index is 2.20. The smallest absolute Gasteiger partial charge is 0.309 e. The molecule has 2 aliphatic rings. The molecule has 192 valence electrons. The summed E-state index contributed by atoms with van der Waals surface area (Å²) in [5.41, 5.74) is -0.547. The van der Waals surface area contributed by atoms with E-state index in [1.54, 1.807) is 0 Å². The Labute approximate surface area is 207 Å². The molecule has 0 aliphatic heterocycles. The van der Waals surface area contributed by atoms with Crippen LogP contribution in [0.3, 0.4) is 0 Å². The van der Waals surface area contributed by atoms with Gasteiger partial charge in [-0.3, -0.25) is 4.79 Å². The monoisotopic (exact) mass is 472 g/mol. The van der Waals surface area contributed by atoms with E-state index >= 15 is 0 Å². The minimum atomic E-state index is -0.869. The molecule has 4 nitrogen and oxygen atoms in total. The quantitative estimate of drug-likeness (QED) is 0.295. The number of fused-ring (bicyclic) bond motifs is 1. The minimum absolute atomic E-state index is 0.0230. The zero-order valence-electron chi connectivity index (χ0n) is 23.1. The molecule has 2 aliphatic carbocycles. The first-order chi connectivity index (χ1) is 15.4. The molecule has 4 heteroatoms. The predicted octanol–water partition coefficient (Wildman–Crippen LogP) is 6.09. The molecule has 6 atom stereocenters. The van der Waals surface area contributed by atoms with E-state index in [1.807, 2.05) is 39.8 Å². The van der Waals surface area contributed by atoms with Crippen molar-refractivity contribution in [2.45, 2.75) is 101 Å². The zero-order chi connectivity index (χ0) is 26.3. The van der Waals surface area contributed by atoms with Crippen molar-refractivity contribution < 1.29 is 20.1 Å². The van der Waals surface area contributed by atoms with Gasteiger partial charge in [-0.2, -0.15) is 0 Å². The van der Waals surface area contributed by atoms with Crippen LogP contribution in [0.4, 0.5) is 0 Å². The molecule has 0 aromatic carbocycles. The number of aliphatic carboxylic acids is 1. The predicted molar refractivity (Wildman–Crippen MR) is 139 cm³/mol. The Morgan fingerprint density at radius 1 is 1.09 bits per heavy atom. The van der Waals surface area contributed by atoms with E-state index in [9.17, 15) is 20.1 Å². The first-order valence-electron chi connectivity index (χ1n) is 12.8. The van der Waals surface area contributed by atoms with E-state index in [-0.39, 0.29) is 28.8 Å². The Kier molecular flexibility index (Phi) is 8.28. The van der Waals surface area contributed by atoms with Gasteiger partial charge in [0.25, 0.3) is 0 Å². The fourth-order valence-corrected chi connectivity index (χ4v) is 5.93. The molecule has 34 heavy (non-hydrogen) atoms. The summed E-state index contributed by atoms with van der Waals surface area (Å²) in [5.74, 6) is 6.18. The number of carboxylic acids is 1. The lowest BCUT2D eigenvalue weighted by Gasteiger charge is -2.49. The zero-order valence-corrected chi connectivity index (χ0v) is 23.1. The van der Waals surface area contributed by atoms with Crippen LogP contribution in [-0.4, -0.2) is 33.5 Å². The van der Waals surface area contributed by atoms with Gasteiger partial charge in [0.05, 0.1) is 17.6 Å². The van der Waals surface area contributed by atoms with E-state index in [0.29, 0.717) is 11.8 Å². The van der Waals surface area contributed by atoms with Crippen LogP contribution in [0.2, 0.25) is 0 Å². The Morgan fingerprint density at radius 2 is 1.68 bits per heavy atom. The van der Waals surface area contributed by atoms with Crippen molar-refractivity contribution in [2.75, 3.05) is 0 Å². The van der Waals surface area contributed by atoms with Crippen molar-refractivity contribution in [2.24, 2.45) is 45.3 Å². The fraction of sp³-hybridized carbons (Fsp3) is 0.767. The molecule has 0 spiro atoms. The highest BCUT2D eigenvalue weighted by Gasteiger charge is 2.52. The second-order valence-electron chi connectivity index (χ2n) is 13.1. The van der Waals surface area contributed by atoms with E-state index in [0.717, 1.165) is 19.3 Å². The van der Waals surface area contributed by atoms with Crippen molar-refractivity contribution in [3.05, 3.63) is 23.8 Å². The van der Waals surface area contributed by atoms with E-state index in [4.69, 9.17) is 0 Å². The molecule has 0 saturated heterocycles. The van der Waals surface area contributed by atoms with Gasteiger partial charge in [0.1, 0.15) is 0 Å². The number of aliphatic hydroxyl groups is 2. The number of aliphatic hydroxyl groups excluding tert-OH is 2. The average molecular weight is 473 g/mol. The number of carbonyl (C=O) groups is 1. The van der Waals surface area contributed by atoms with Crippen LogP contribution in [0.1, 0.15) is 88.5 Å². The van der Waals surface area contributed by atoms with Crippen molar-refractivity contribution in [3.63, 3.8) is 0 Å². The van der Waals surface area contributed by atoms with E-state index in [1.165, 1.54) is 5.57 Å². The summed E-state index contributed by atoms with van der Waals surface area (Å²) in [6.45, 7) is 20.0. The summed E-state index contributed by atoms with van der Waals surface area (Å²) in [6.07, 6.45) is 7.87. The summed E-state index contributed by atoms with van der Waals surface area (Å²) in [7, 11) is 0. The van der Waals surface area contributed by atoms with Crippen molar-refractivity contribution in [3.8, 4) is 11.8 Å². The average Bonchev–Trinajstić information content (AvgIpc) is 3.20. The number of hydrogen-bond donors (Lipinski definition) is 3. The van der Waals surface area contributed by atoms with Crippen LogP contribution in [0, 0.1) is 57.2 Å². The third-order valence-electron chi connectivity index (χ3n) is 10.0. The number of rotatable bonds is 8. The summed E-state index contributed by atoms with van der Waals surface area (Å²) >= 11 is 0. The lowest BCUT2D eigenvalue weighted by molar-refractivity contribution is -0.158. The van der Waals surface area contributed by atoms with Crippen LogP contribution in [0.25, 0.3) is 0 Å². The van der Waals surface area contributed by atoms with Gasteiger partial charge in [-0.05, 0) is 76.5 Å². The van der Waals surface area contributed by atoms with Gasteiger partial charge >= 0.3 is 5.97 Å². The van der Waals surface area contributed by atoms with Gasteiger partial charge in [0.15, 0.2) is 0 Å². The highest BCUT2D eigenvalue weighted by Crippen LogP contribution is 2.56. The molecule has 0 amide bonds.